The maximum atomic E-state index is 10.0. The van der Waals surface area contributed by atoms with Crippen LogP contribution in [0.5, 0.6) is 0 Å². The predicted octanol–water partition coefficient (Wildman–Crippen LogP) is -0.974. The second-order valence-electron chi connectivity index (χ2n) is 2.29. The van der Waals surface area contributed by atoms with Crippen LogP contribution in [0.3, 0.4) is 0 Å². The van der Waals surface area contributed by atoms with Crippen LogP contribution in [0.2, 0.25) is 0 Å². The summed E-state index contributed by atoms with van der Waals surface area (Å²) < 4.78 is 5.01. The van der Waals surface area contributed by atoms with E-state index in [9.17, 15) is 4.79 Å². The molecule has 4 N–H and O–H groups in total. The molecule has 0 saturated heterocycles. The number of carboxylic acid groups (broad SMARTS) is 1. The van der Waals surface area contributed by atoms with Crippen LogP contribution >= 0.6 is 0 Å². The molecule has 0 heterocycles. The smallest absolute Gasteiger partial charge is 0.305 e. The van der Waals surface area contributed by atoms with Crippen molar-refractivity contribution in [1.82, 2.24) is 5.32 Å². The molecule has 0 aromatic rings. The summed E-state index contributed by atoms with van der Waals surface area (Å²) in [5, 5.41) is 11.3. The maximum Gasteiger partial charge on any atom is 0.305 e. The van der Waals surface area contributed by atoms with Gasteiger partial charge in [-0.05, 0) is 0 Å². The van der Waals surface area contributed by atoms with Gasteiger partial charge in [0.25, 0.3) is 0 Å². The van der Waals surface area contributed by atoms with E-state index in [1.165, 1.54) is 0 Å². The Kier molecular flexibility index (Phi) is 7.99. The zero-order valence-electron chi connectivity index (χ0n) is 7.08. The van der Waals surface area contributed by atoms with Crippen molar-refractivity contribution in [3.05, 3.63) is 0 Å². The Morgan fingerprint density at radius 3 is 2.75 bits per heavy atom. The lowest BCUT2D eigenvalue weighted by Gasteiger charge is -2.03. The zero-order valence-corrected chi connectivity index (χ0v) is 7.08. The van der Waals surface area contributed by atoms with E-state index < -0.39 is 5.97 Å². The molecule has 72 valence electrons. The number of hydrogen-bond acceptors (Lipinski definition) is 4. The van der Waals surface area contributed by atoms with Crippen molar-refractivity contribution in [3.63, 3.8) is 0 Å². The minimum absolute atomic E-state index is 0.0664. The van der Waals surface area contributed by atoms with Gasteiger partial charge in [0.2, 0.25) is 0 Å². The van der Waals surface area contributed by atoms with Gasteiger partial charge in [-0.25, -0.2) is 0 Å². The summed E-state index contributed by atoms with van der Waals surface area (Å²) in [6.07, 6.45) is 0.0664. The van der Waals surface area contributed by atoms with E-state index in [4.69, 9.17) is 15.6 Å². The Labute approximate surface area is 71.9 Å². The molecule has 0 spiro atoms. The first-order valence-corrected chi connectivity index (χ1v) is 3.97. The minimum Gasteiger partial charge on any atom is -0.481 e. The highest BCUT2D eigenvalue weighted by Gasteiger charge is 1.95. The average Bonchev–Trinajstić information content (AvgIpc) is 2.02. The number of nitrogens with one attached hydrogen (secondary N) is 1. The molecule has 5 nitrogen and oxygen atoms in total. The standard InChI is InChI=1S/C7H16N2O3/c8-2-3-9-4-6-12-5-1-7(10)11/h9H,1-6,8H2,(H,10,11). The fourth-order valence-electron chi connectivity index (χ4n) is 0.633. The molecule has 0 atom stereocenters. The fraction of sp³-hybridized carbons (Fsp3) is 0.857. The van der Waals surface area contributed by atoms with Crippen LogP contribution in [0, 0.1) is 0 Å². The molecule has 5 heteroatoms. The van der Waals surface area contributed by atoms with E-state index in [-0.39, 0.29) is 13.0 Å². The molecule has 0 aliphatic rings. The van der Waals surface area contributed by atoms with E-state index in [1.807, 2.05) is 0 Å². The highest BCUT2D eigenvalue weighted by molar-refractivity contribution is 5.66. The van der Waals surface area contributed by atoms with E-state index in [0.29, 0.717) is 13.2 Å². The van der Waals surface area contributed by atoms with Gasteiger partial charge in [-0.15, -0.1) is 0 Å². The van der Waals surface area contributed by atoms with Crippen LogP contribution in [0.1, 0.15) is 6.42 Å². The van der Waals surface area contributed by atoms with E-state index in [1.54, 1.807) is 0 Å². The third-order valence-corrected chi connectivity index (χ3v) is 1.20. The van der Waals surface area contributed by atoms with Gasteiger partial charge in [-0.2, -0.15) is 0 Å². The minimum atomic E-state index is -0.829. The summed E-state index contributed by atoms with van der Waals surface area (Å²) in [6.45, 7) is 2.90. The third-order valence-electron chi connectivity index (χ3n) is 1.20. The molecule has 0 amide bonds. The number of carbonyl (C=O) groups is 1. The van der Waals surface area contributed by atoms with E-state index >= 15 is 0 Å². The Balaban J connectivity index is 2.86. The predicted molar refractivity (Wildman–Crippen MR) is 45.0 cm³/mol. The van der Waals surface area contributed by atoms with Crippen molar-refractivity contribution < 1.29 is 14.6 Å². The van der Waals surface area contributed by atoms with E-state index in [0.717, 1.165) is 13.1 Å². The summed E-state index contributed by atoms with van der Waals surface area (Å²) in [6, 6.07) is 0. The van der Waals surface area contributed by atoms with Gasteiger partial charge in [-0.3, -0.25) is 4.79 Å². The van der Waals surface area contributed by atoms with Crippen LogP contribution in [0.15, 0.2) is 0 Å². The molecular formula is C7H16N2O3. The second-order valence-corrected chi connectivity index (χ2v) is 2.29. The Morgan fingerprint density at radius 1 is 1.42 bits per heavy atom. The van der Waals surface area contributed by atoms with Gasteiger partial charge >= 0.3 is 5.97 Å². The topological polar surface area (TPSA) is 84.6 Å². The van der Waals surface area contributed by atoms with Crippen molar-refractivity contribution in [3.8, 4) is 0 Å². The number of ether oxygens (including phenoxy) is 1. The van der Waals surface area contributed by atoms with Gasteiger partial charge < -0.3 is 20.9 Å². The summed E-state index contributed by atoms with van der Waals surface area (Å²) >= 11 is 0. The number of rotatable bonds is 8. The molecule has 0 rings (SSSR count). The first kappa shape index (κ1) is 11.4. The van der Waals surface area contributed by atoms with Crippen molar-refractivity contribution >= 4 is 5.97 Å². The van der Waals surface area contributed by atoms with Crippen molar-refractivity contribution in [2.24, 2.45) is 5.73 Å². The Bertz CT molecular complexity index is 119. The van der Waals surface area contributed by atoms with Crippen LogP contribution in [-0.2, 0) is 9.53 Å². The summed E-state index contributed by atoms with van der Waals surface area (Å²) in [5.74, 6) is -0.829. The van der Waals surface area contributed by atoms with Crippen LogP contribution in [-0.4, -0.2) is 43.9 Å². The number of nitrogens with two attached hydrogens (primary N) is 1. The largest absolute Gasteiger partial charge is 0.481 e. The average molecular weight is 176 g/mol. The SMILES string of the molecule is NCCNCCOCCC(=O)O. The van der Waals surface area contributed by atoms with Crippen molar-refractivity contribution in [2.75, 3.05) is 32.8 Å². The lowest BCUT2D eigenvalue weighted by atomic mass is 10.5. The Morgan fingerprint density at radius 2 is 2.17 bits per heavy atom. The van der Waals surface area contributed by atoms with Gasteiger partial charge in [0.05, 0.1) is 19.6 Å². The molecule has 0 unspecified atom stereocenters. The lowest BCUT2D eigenvalue weighted by Crippen LogP contribution is -2.26. The normalized spacial score (nSPS) is 10.1. The lowest BCUT2D eigenvalue weighted by molar-refractivity contribution is -0.138. The molecule has 0 aliphatic carbocycles. The van der Waals surface area contributed by atoms with Crippen molar-refractivity contribution in [2.45, 2.75) is 6.42 Å². The van der Waals surface area contributed by atoms with E-state index in [2.05, 4.69) is 5.32 Å². The molecule has 0 aliphatic heterocycles. The molecular weight excluding hydrogens is 160 g/mol. The van der Waals surface area contributed by atoms with Crippen LogP contribution in [0.25, 0.3) is 0 Å². The number of carboxylic acids is 1. The quantitative estimate of drug-likeness (QED) is 0.414. The van der Waals surface area contributed by atoms with Gasteiger partial charge in [0.1, 0.15) is 0 Å². The Hall–Kier alpha value is -0.650. The summed E-state index contributed by atoms with van der Waals surface area (Å²) in [4.78, 5) is 10.0. The first-order chi connectivity index (χ1) is 5.77. The zero-order chi connectivity index (χ0) is 9.23. The summed E-state index contributed by atoms with van der Waals surface area (Å²) in [7, 11) is 0. The monoisotopic (exact) mass is 176 g/mol. The molecule has 0 saturated carbocycles. The second kappa shape index (κ2) is 8.45. The molecule has 0 fully saturated rings. The van der Waals surface area contributed by atoms with Gasteiger partial charge in [0, 0.05) is 19.6 Å². The number of hydrogen-bond donors (Lipinski definition) is 3. The molecule has 12 heavy (non-hydrogen) atoms. The summed E-state index contributed by atoms with van der Waals surface area (Å²) in [5.41, 5.74) is 5.23. The van der Waals surface area contributed by atoms with Gasteiger partial charge in [-0.1, -0.05) is 0 Å². The van der Waals surface area contributed by atoms with Crippen LogP contribution < -0.4 is 11.1 Å². The fourth-order valence-corrected chi connectivity index (χ4v) is 0.633. The number of aliphatic carboxylic acids is 1. The highest BCUT2D eigenvalue weighted by Crippen LogP contribution is 1.80. The van der Waals surface area contributed by atoms with Crippen LogP contribution in [0.4, 0.5) is 0 Å². The molecule has 0 aromatic heterocycles. The van der Waals surface area contributed by atoms with Gasteiger partial charge in [0.15, 0.2) is 0 Å². The molecule has 0 aromatic carbocycles. The highest BCUT2D eigenvalue weighted by atomic mass is 16.5. The molecule has 0 radical (unpaired) electrons. The third kappa shape index (κ3) is 9.35. The first-order valence-electron chi connectivity index (χ1n) is 3.97. The molecule has 0 bridgehead atoms. The maximum absolute atomic E-state index is 10.0. The van der Waals surface area contributed by atoms with Crippen molar-refractivity contribution in [1.29, 1.82) is 0 Å².